The minimum absolute atomic E-state index is 0. The predicted octanol–water partition coefficient (Wildman–Crippen LogP) is 4.99. The standard InChI is InChI=1S/C28H46N4O5.H2S/c1-27(2,3)37-26(34)31(7)15-14-30(6)18-21-19-32(23-11-9-10-16-36-23)29-24(21)20-12-13-28(4,5)22(17-20)25(33)35-8;/h12,19,22-23H,9-11,13-18H2,1-8H3;1H2/t22-,23?;/m1./s1. The topological polar surface area (TPSA) is 86.1 Å². The molecule has 1 aromatic rings. The van der Waals surface area contributed by atoms with E-state index in [0.717, 1.165) is 49.1 Å². The predicted molar refractivity (Wildman–Crippen MR) is 153 cm³/mol. The third-order valence-electron chi connectivity index (χ3n) is 7.25. The smallest absolute Gasteiger partial charge is 0.410 e. The van der Waals surface area contributed by atoms with Gasteiger partial charge in [0.2, 0.25) is 0 Å². The van der Waals surface area contributed by atoms with Crippen LogP contribution in [-0.2, 0) is 25.5 Å². The van der Waals surface area contributed by atoms with E-state index in [9.17, 15) is 9.59 Å². The number of carbonyl (C=O) groups excluding carboxylic acids is 2. The molecule has 1 aliphatic heterocycles. The number of hydrogen-bond acceptors (Lipinski definition) is 7. The summed E-state index contributed by atoms with van der Waals surface area (Å²) < 4.78 is 18.6. The second kappa shape index (κ2) is 13.3. The third-order valence-corrected chi connectivity index (χ3v) is 7.25. The molecular formula is C28H48N4O5S. The Morgan fingerprint density at radius 2 is 1.92 bits per heavy atom. The number of likely N-dealkylation sites (N-methyl/N-ethyl adjacent to an activating group) is 2. The molecule has 0 spiro atoms. The Kier molecular flexibility index (Phi) is 11.3. The van der Waals surface area contributed by atoms with E-state index in [4.69, 9.17) is 19.3 Å². The summed E-state index contributed by atoms with van der Waals surface area (Å²) in [5, 5.41) is 5.00. The molecule has 2 aliphatic rings. The highest BCUT2D eigenvalue weighted by Crippen LogP contribution is 2.44. The minimum Gasteiger partial charge on any atom is -0.469 e. The van der Waals surface area contributed by atoms with Crippen molar-refractivity contribution in [2.75, 3.05) is 40.9 Å². The summed E-state index contributed by atoms with van der Waals surface area (Å²) in [7, 11) is 5.25. The van der Waals surface area contributed by atoms with E-state index in [-0.39, 0.29) is 43.1 Å². The number of aromatic nitrogens is 2. The van der Waals surface area contributed by atoms with Crippen LogP contribution in [0.4, 0.5) is 4.79 Å². The number of allylic oxidation sites excluding steroid dienone is 2. The molecule has 216 valence electrons. The first-order chi connectivity index (χ1) is 17.3. The number of methoxy groups -OCH3 is 1. The van der Waals surface area contributed by atoms with Gasteiger partial charge in [-0.2, -0.15) is 18.6 Å². The van der Waals surface area contributed by atoms with Gasteiger partial charge in [-0.3, -0.25) is 4.79 Å². The molecule has 1 fully saturated rings. The van der Waals surface area contributed by atoms with Crippen molar-refractivity contribution in [3.8, 4) is 0 Å². The first-order valence-corrected chi connectivity index (χ1v) is 13.4. The van der Waals surface area contributed by atoms with Crippen LogP contribution in [-0.4, -0.2) is 78.1 Å². The van der Waals surface area contributed by atoms with Crippen molar-refractivity contribution in [3.05, 3.63) is 23.5 Å². The normalized spacial score (nSPS) is 21.3. The summed E-state index contributed by atoms with van der Waals surface area (Å²) >= 11 is 0. The van der Waals surface area contributed by atoms with Gasteiger partial charge < -0.3 is 24.0 Å². The van der Waals surface area contributed by atoms with Gasteiger partial charge in [-0.15, -0.1) is 0 Å². The van der Waals surface area contributed by atoms with Gasteiger partial charge in [0, 0.05) is 45.0 Å². The lowest BCUT2D eigenvalue weighted by molar-refractivity contribution is -0.149. The Balaban J connectivity index is 0.00000507. The van der Waals surface area contributed by atoms with Crippen molar-refractivity contribution in [2.24, 2.45) is 11.3 Å². The molecular weight excluding hydrogens is 504 g/mol. The Labute approximate surface area is 235 Å². The van der Waals surface area contributed by atoms with Crippen molar-refractivity contribution in [3.63, 3.8) is 0 Å². The molecule has 3 rings (SSSR count). The second-order valence-electron chi connectivity index (χ2n) is 12.1. The summed E-state index contributed by atoms with van der Waals surface area (Å²) in [5.74, 6) is -0.392. The van der Waals surface area contributed by atoms with E-state index in [1.165, 1.54) is 7.11 Å². The third kappa shape index (κ3) is 8.48. The van der Waals surface area contributed by atoms with E-state index in [1.807, 2.05) is 32.5 Å². The second-order valence-corrected chi connectivity index (χ2v) is 12.1. The van der Waals surface area contributed by atoms with Crippen LogP contribution in [0.25, 0.3) is 5.57 Å². The SMILES string of the molecule is COC(=O)[C@H]1CC(c2nn(C3CCCCO3)cc2CN(C)CCN(C)C(=O)OC(C)(C)C)=CCC1(C)C.S. The summed E-state index contributed by atoms with van der Waals surface area (Å²) in [4.78, 5) is 28.7. The minimum atomic E-state index is -0.522. The lowest BCUT2D eigenvalue weighted by Crippen LogP contribution is -2.38. The molecule has 0 saturated carbocycles. The fourth-order valence-electron chi connectivity index (χ4n) is 4.86. The molecule has 10 heteroatoms. The monoisotopic (exact) mass is 552 g/mol. The molecule has 2 atom stereocenters. The van der Waals surface area contributed by atoms with Gasteiger partial charge in [0.05, 0.1) is 18.7 Å². The molecule has 1 saturated heterocycles. The van der Waals surface area contributed by atoms with Crippen molar-refractivity contribution < 1.29 is 23.8 Å². The number of nitrogens with zero attached hydrogens (tertiary/aromatic N) is 4. The molecule has 9 nitrogen and oxygen atoms in total. The summed E-state index contributed by atoms with van der Waals surface area (Å²) in [6.07, 6.45) is 8.44. The van der Waals surface area contributed by atoms with Gasteiger partial charge in [0.25, 0.3) is 0 Å². The molecule has 38 heavy (non-hydrogen) atoms. The van der Waals surface area contributed by atoms with Crippen LogP contribution < -0.4 is 0 Å². The van der Waals surface area contributed by atoms with E-state index < -0.39 is 5.60 Å². The molecule has 1 amide bonds. The highest BCUT2D eigenvalue weighted by Gasteiger charge is 2.39. The Morgan fingerprint density at radius 3 is 2.53 bits per heavy atom. The zero-order chi connectivity index (χ0) is 27.4. The molecule has 1 aliphatic carbocycles. The van der Waals surface area contributed by atoms with Crippen LogP contribution in [0, 0.1) is 11.3 Å². The number of rotatable bonds is 8. The first-order valence-electron chi connectivity index (χ1n) is 13.4. The Morgan fingerprint density at radius 1 is 1.21 bits per heavy atom. The molecule has 0 aromatic carbocycles. The molecule has 1 aromatic heterocycles. The van der Waals surface area contributed by atoms with Crippen LogP contribution in [0.5, 0.6) is 0 Å². The number of ether oxygens (including phenoxy) is 3. The van der Waals surface area contributed by atoms with Crippen LogP contribution in [0.1, 0.15) is 84.2 Å². The first kappa shape index (κ1) is 32.2. The largest absolute Gasteiger partial charge is 0.469 e. The quantitative estimate of drug-likeness (QED) is 0.420. The maximum absolute atomic E-state index is 12.6. The van der Waals surface area contributed by atoms with Crippen molar-refractivity contribution in [1.82, 2.24) is 19.6 Å². The average Bonchev–Trinajstić information content (AvgIpc) is 3.25. The van der Waals surface area contributed by atoms with Gasteiger partial charge in [-0.05, 0) is 70.9 Å². The summed E-state index contributed by atoms with van der Waals surface area (Å²) in [6.45, 7) is 12.5. The zero-order valence-corrected chi connectivity index (χ0v) is 25.5. The molecule has 2 heterocycles. The van der Waals surface area contributed by atoms with Crippen LogP contribution >= 0.6 is 13.5 Å². The van der Waals surface area contributed by atoms with E-state index in [1.54, 1.807) is 11.9 Å². The van der Waals surface area contributed by atoms with Gasteiger partial charge in [-0.25, -0.2) is 9.48 Å². The van der Waals surface area contributed by atoms with Gasteiger partial charge in [-0.1, -0.05) is 19.9 Å². The number of esters is 1. The highest BCUT2D eigenvalue weighted by atomic mass is 32.1. The Bertz CT molecular complexity index is 978. The average molecular weight is 553 g/mol. The zero-order valence-electron chi connectivity index (χ0n) is 24.5. The Hall–Kier alpha value is -2.04. The van der Waals surface area contributed by atoms with Crippen molar-refractivity contribution in [2.45, 2.75) is 85.1 Å². The maximum atomic E-state index is 12.6. The van der Waals surface area contributed by atoms with Gasteiger partial charge in [0.15, 0.2) is 0 Å². The fourth-order valence-corrected chi connectivity index (χ4v) is 4.86. The van der Waals surface area contributed by atoms with Crippen molar-refractivity contribution in [1.29, 1.82) is 0 Å². The van der Waals surface area contributed by atoms with Gasteiger partial charge >= 0.3 is 12.1 Å². The summed E-state index contributed by atoms with van der Waals surface area (Å²) in [6, 6.07) is 0. The summed E-state index contributed by atoms with van der Waals surface area (Å²) in [5.41, 5.74) is 2.40. The number of amides is 1. The van der Waals surface area contributed by atoms with Crippen LogP contribution in [0.3, 0.4) is 0 Å². The number of hydrogen-bond donors (Lipinski definition) is 0. The molecule has 0 bridgehead atoms. The molecule has 0 N–H and O–H groups in total. The molecule has 1 unspecified atom stereocenters. The van der Waals surface area contributed by atoms with Crippen molar-refractivity contribution >= 4 is 31.1 Å². The van der Waals surface area contributed by atoms with E-state index in [0.29, 0.717) is 26.1 Å². The maximum Gasteiger partial charge on any atom is 0.410 e. The van der Waals surface area contributed by atoms with Crippen LogP contribution in [0.2, 0.25) is 0 Å². The fraction of sp³-hybridized carbons (Fsp3) is 0.750. The van der Waals surface area contributed by atoms with Gasteiger partial charge in [0.1, 0.15) is 11.8 Å². The molecule has 0 radical (unpaired) electrons. The highest BCUT2D eigenvalue weighted by molar-refractivity contribution is 7.59. The lowest BCUT2D eigenvalue weighted by atomic mass is 9.69. The van der Waals surface area contributed by atoms with E-state index in [2.05, 4.69) is 31.0 Å². The number of carbonyl (C=O) groups is 2. The van der Waals surface area contributed by atoms with E-state index >= 15 is 0 Å². The lowest BCUT2D eigenvalue weighted by Gasteiger charge is -2.36. The van der Waals surface area contributed by atoms with Crippen LogP contribution in [0.15, 0.2) is 12.3 Å².